The molecule has 0 aliphatic heterocycles. The summed E-state index contributed by atoms with van der Waals surface area (Å²) in [6.45, 7) is 0.495. The Hall–Kier alpha value is -3.13. The smallest absolute Gasteiger partial charge is 0.251 e. The number of carbonyl (C=O) groups excluding carboxylic acids is 2. The van der Waals surface area contributed by atoms with Crippen molar-refractivity contribution in [1.82, 2.24) is 15.6 Å². The number of thiazole rings is 1. The molecule has 26 heavy (non-hydrogen) atoms. The Morgan fingerprint density at radius 2 is 2.12 bits per heavy atom. The van der Waals surface area contributed by atoms with Crippen molar-refractivity contribution in [3.05, 3.63) is 70.6 Å². The molecule has 8 heteroatoms. The zero-order chi connectivity index (χ0) is 18.2. The van der Waals surface area contributed by atoms with Crippen molar-refractivity contribution in [2.24, 2.45) is 0 Å². The van der Waals surface area contributed by atoms with Crippen LogP contribution in [0.2, 0.25) is 0 Å². The van der Waals surface area contributed by atoms with Gasteiger partial charge in [0.2, 0.25) is 5.91 Å². The molecule has 0 aliphatic rings. The van der Waals surface area contributed by atoms with E-state index in [1.54, 1.807) is 41.9 Å². The van der Waals surface area contributed by atoms with Crippen LogP contribution in [0.1, 0.15) is 21.8 Å². The Morgan fingerprint density at radius 1 is 1.19 bits per heavy atom. The van der Waals surface area contributed by atoms with Crippen molar-refractivity contribution in [2.45, 2.75) is 13.2 Å². The van der Waals surface area contributed by atoms with E-state index in [0.717, 1.165) is 5.69 Å². The molecule has 0 bridgehead atoms. The molecule has 0 aliphatic carbocycles. The van der Waals surface area contributed by atoms with Crippen LogP contribution in [0, 0.1) is 0 Å². The first-order valence-corrected chi connectivity index (χ1v) is 8.82. The molecule has 0 saturated carbocycles. The molecule has 0 unspecified atom stereocenters. The first-order chi connectivity index (χ1) is 12.7. The molecule has 2 amide bonds. The SMILES string of the molecule is O=C(CNC(=O)c1cccc(OCc2cscn2)c1)NCc1ccco1. The Bertz CT molecular complexity index is 847. The van der Waals surface area contributed by atoms with E-state index in [-0.39, 0.29) is 24.9 Å². The Kier molecular flexibility index (Phi) is 6.00. The summed E-state index contributed by atoms with van der Waals surface area (Å²) in [5.74, 6) is 0.561. The minimum Gasteiger partial charge on any atom is -0.487 e. The van der Waals surface area contributed by atoms with E-state index in [9.17, 15) is 9.59 Å². The van der Waals surface area contributed by atoms with Gasteiger partial charge >= 0.3 is 0 Å². The standard InChI is InChI=1S/C18H17N3O4S/c22-17(19-8-16-5-2-6-24-16)9-20-18(23)13-3-1-4-15(7-13)25-10-14-11-26-12-21-14/h1-7,11-12H,8-10H2,(H,19,22)(H,20,23). The average molecular weight is 371 g/mol. The van der Waals surface area contributed by atoms with Crippen molar-refractivity contribution in [1.29, 1.82) is 0 Å². The zero-order valence-corrected chi connectivity index (χ0v) is 14.6. The number of hydrogen-bond acceptors (Lipinski definition) is 6. The van der Waals surface area contributed by atoms with E-state index in [2.05, 4.69) is 15.6 Å². The predicted molar refractivity (Wildman–Crippen MR) is 95.8 cm³/mol. The van der Waals surface area contributed by atoms with Crippen molar-refractivity contribution in [3.8, 4) is 5.75 Å². The van der Waals surface area contributed by atoms with Crippen molar-refractivity contribution >= 4 is 23.2 Å². The third-order valence-corrected chi connectivity index (χ3v) is 4.05. The third kappa shape index (κ3) is 5.18. The van der Waals surface area contributed by atoms with Gasteiger partial charge in [0.15, 0.2) is 0 Å². The molecular formula is C18H17N3O4S. The van der Waals surface area contributed by atoms with Gasteiger partial charge in [-0.2, -0.15) is 0 Å². The van der Waals surface area contributed by atoms with E-state index in [4.69, 9.17) is 9.15 Å². The number of nitrogens with one attached hydrogen (secondary N) is 2. The summed E-state index contributed by atoms with van der Waals surface area (Å²) in [4.78, 5) is 28.1. The Labute approximate surface area is 154 Å². The molecule has 0 atom stereocenters. The quantitative estimate of drug-likeness (QED) is 0.634. The first kappa shape index (κ1) is 17.7. The number of benzene rings is 1. The van der Waals surface area contributed by atoms with E-state index >= 15 is 0 Å². The average Bonchev–Trinajstić information content (AvgIpc) is 3.36. The highest BCUT2D eigenvalue weighted by atomic mass is 32.1. The fraction of sp³-hybridized carbons (Fsp3) is 0.167. The molecule has 0 spiro atoms. The Balaban J connectivity index is 1.46. The van der Waals surface area contributed by atoms with Crippen LogP contribution in [0.4, 0.5) is 0 Å². The molecule has 2 N–H and O–H groups in total. The zero-order valence-electron chi connectivity index (χ0n) is 13.8. The second kappa shape index (κ2) is 8.82. The van der Waals surface area contributed by atoms with Crippen LogP contribution in [-0.2, 0) is 17.9 Å². The Morgan fingerprint density at radius 3 is 2.88 bits per heavy atom. The van der Waals surface area contributed by atoms with Gasteiger partial charge in [0.05, 0.1) is 30.6 Å². The summed E-state index contributed by atoms with van der Waals surface area (Å²) >= 11 is 1.50. The molecular weight excluding hydrogens is 354 g/mol. The number of rotatable bonds is 8. The molecule has 0 fully saturated rings. The maximum Gasteiger partial charge on any atom is 0.251 e. The summed E-state index contributed by atoms with van der Waals surface area (Å²) in [5, 5.41) is 7.14. The molecule has 2 aromatic heterocycles. The minimum atomic E-state index is -0.350. The van der Waals surface area contributed by atoms with E-state index in [1.165, 1.54) is 17.6 Å². The number of nitrogens with zero attached hydrogens (tertiary/aromatic N) is 1. The second-order valence-corrected chi connectivity index (χ2v) is 6.05. The summed E-state index contributed by atoms with van der Waals surface area (Å²) in [6, 6.07) is 10.3. The maximum atomic E-state index is 12.2. The molecule has 0 saturated heterocycles. The number of aromatic nitrogens is 1. The van der Waals surface area contributed by atoms with Crippen molar-refractivity contribution < 1.29 is 18.7 Å². The first-order valence-electron chi connectivity index (χ1n) is 7.88. The lowest BCUT2D eigenvalue weighted by Gasteiger charge is -2.08. The van der Waals surface area contributed by atoms with Gasteiger partial charge in [-0.05, 0) is 30.3 Å². The number of carbonyl (C=O) groups is 2. The largest absolute Gasteiger partial charge is 0.487 e. The van der Waals surface area contributed by atoms with Crippen LogP contribution in [0.5, 0.6) is 5.75 Å². The summed E-state index contributed by atoms with van der Waals surface area (Å²) in [7, 11) is 0. The maximum absolute atomic E-state index is 12.2. The van der Waals surface area contributed by atoms with Gasteiger partial charge in [0.25, 0.3) is 5.91 Å². The lowest BCUT2D eigenvalue weighted by atomic mass is 10.2. The molecule has 0 radical (unpaired) electrons. The van der Waals surface area contributed by atoms with E-state index in [0.29, 0.717) is 23.7 Å². The van der Waals surface area contributed by atoms with Crippen molar-refractivity contribution in [3.63, 3.8) is 0 Å². The third-order valence-electron chi connectivity index (χ3n) is 3.42. The molecule has 3 rings (SSSR count). The highest BCUT2D eigenvalue weighted by Crippen LogP contribution is 2.15. The molecule has 134 valence electrons. The number of amides is 2. The molecule has 7 nitrogen and oxygen atoms in total. The molecule has 3 aromatic rings. The monoisotopic (exact) mass is 371 g/mol. The molecule has 1 aromatic carbocycles. The predicted octanol–water partition coefficient (Wildman–Crippen LogP) is 2.36. The van der Waals surface area contributed by atoms with Gasteiger partial charge in [0.1, 0.15) is 18.1 Å². The molecule has 2 heterocycles. The van der Waals surface area contributed by atoms with Gasteiger partial charge < -0.3 is 19.8 Å². The minimum absolute atomic E-state index is 0.122. The van der Waals surface area contributed by atoms with Crippen LogP contribution in [-0.4, -0.2) is 23.3 Å². The van der Waals surface area contributed by atoms with Crippen LogP contribution in [0.3, 0.4) is 0 Å². The van der Waals surface area contributed by atoms with E-state index in [1.807, 2.05) is 5.38 Å². The fourth-order valence-electron chi connectivity index (χ4n) is 2.12. The number of furan rings is 1. The van der Waals surface area contributed by atoms with Crippen molar-refractivity contribution in [2.75, 3.05) is 6.54 Å². The van der Waals surface area contributed by atoms with Crippen LogP contribution in [0.25, 0.3) is 0 Å². The number of ether oxygens (including phenoxy) is 1. The summed E-state index contributed by atoms with van der Waals surface area (Å²) < 4.78 is 10.7. The van der Waals surface area contributed by atoms with Gasteiger partial charge in [-0.1, -0.05) is 6.07 Å². The highest BCUT2D eigenvalue weighted by molar-refractivity contribution is 7.07. The second-order valence-electron chi connectivity index (χ2n) is 5.34. The lowest BCUT2D eigenvalue weighted by Crippen LogP contribution is -2.36. The van der Waals surface area contributed by atoms with Gasteiger partial charge in [-0.15, -0.1) is 11.3 Å². The van der Waals surface area contributed by atoms with Crippen LogP contribution in [0.15, 0.2) is 58.0 Å². The lowest BCUT2D eigenvalue weighted by molar-refractivity contribution is -0.120. The number of hydrogen-bond donors (Lipinski definition) is 2. The summed E-state index contributed by atoms with van der Waals surface area (Å²) in [6.07, 6.45) is 1.53. The van der Waals surface area contributed by atoms with Gasteiger partial charge in [-0.3, -0.25) is 9.59 Å². The highest BCUT2D eigenvalue weighted by Gasteiger charge is 2.09. The van der Waals surface area contributed by atoms with E-state index < -0.39 is 0 Å². The van der Waals surface area contributed by atoms with Crippen LogP contribution >= 0.6 is 11.3 Å². The summed E-state index contributed by atoms with van der Waals surface area (Å²) in [5.41, 5.74) is 2.98. The van der Waals surface area contributed by atoms with Gasteiger partial charge in [-0.25, -0.2) is 4.98 Å². The van der Waals surface area contributed by atoms with Crippen LogP contribution < -0.4 is 15.4 Å². The fourth-order valence-corrected chi connectivity index (χ4v) is 2.66. The topological polar surface area (TPSA) is 93.5 Å². The van der Waals surface area contributed by atoms with Gasteiger partial charge in [0, 0.05) is 10.9 Å². The normalized spacial score (nSPS) is 10.3.